The number of carbonyl (C=O) groups is 1. The number of hydrogen-bond donors (Lipinski definition) is 1. The van der Waals surface area contributed by atoms with Gasteiger partial charge in [-0.3, -0.25) is 4.79 Å². The molecule has 1 amide bonds. The summed E-state index contributed by atoms with van der Waals surface area (Å²) in [5.74, 6) is -0.330. The Labute approximate surface area is 144 Å². The first-order valence-corrected chi connectivity index (χ1v) is 9.49. The minimum Gasteiger partial charge on any atom is -0.322 e. The predicted molar refractivity (Wildman–Crippen MR) is 96.1 cm³/mol. The molecule has 2 rings (SSSR count). The maximum absolute atomic E-state index is 12.0. The van der Waals surface area contributed by atoms with Gasteiger partial charge < -0.3 is 5.32 Å². The fourth-order valence-corrected chi connectivity index (χ4v) is 3.21. The first-order chi connectivity index (χ1) is 10.8. The van der Waals surface area contributed by atoms with E-state index in [0.29, 0.717) is 5.69 Å². The van der Waals surface area contributed by atoms with Crippen LogP contribution in [-0.4, -0.2) is 20.6 Å². The van der Waals surface area contributed by atoms with Crippen LogP contribution in [0.3, 0.4) is 0 Å². The second-order valence-corrected chi connectivity index (χ2v) is 8.02. The van der Waals surface area contributed by atoms with Crippen molar-refractivity contribution in [3.05, 3.63) is 64.1 Å². The van der Waals surface area contributed by atoms with E-state index in [1.165, 1.54) is 18.2 Å². The second kappa shape index (κ2) is 7.10. The highest BCUT2D eigenvalue weighted by molar-refractivity contribution is 9.10. The highest BCUT2D eigenvalue weighted by Crippen LogP contribution is 2.20. The third-order valence-corrected chi connectivity index (χ3v) is 4.90. The maximum Gasteiger partial charge on any atom is 0.248 e. The molecule has 0 aliphatic heterocycles. The smallest absolute Gasteiger partial charge is 0.248 e. The van der Waals surface area contributed by atoms with Crippen LogP contribution in [0, 0.1) is 6.92 Å². The molecule has 2 aromatic rings. The standard InChI is InChI=1S/C17H16BrNO3S/c1-12-6-7-13(16(18)10-12)8-9-17(20)19-14-4-3-5-15(11-14)23(2,21)22/h3-11H,1-2H3,(H,19,20)/b9-8+. The minimum absolute atomic E-state index is 0.167. The average molecular weight is 394 g/mol. The number of amides is 1. The fourth-order valence-electron chi connectivity index (χ4n) is 1.92. The summed E-state index contributed by atoms with van der Waals surface area (Å²) >= 11 is 3.45. The van der Waals surface area contributed by atoms with E-state index in [2.05, 4.69) is 21.2 Å². The quantitative estimate of drug-likeness (QED) is 0.803. The zero-order valence-electron chi connectivity index (χ0n) is 12.7. The normalized spacial score (nSPS) is 11.6. The molecule has 0 radical (unpaired) electrons. The van der Waals surface area contributed by atoms with Crippen LogP contribution in [0.15, 0.2) is 57.9 Å². The molecule has 0 spiro atoms. The second-order valence-electron chi connectivity index (χ2n) is 5.15. The zero-order valence-corrected chi connectivity index (χ0v) is 15.1. The molecule has 1 N–H and O–H groups in total. The lowest BCUT2D eigenvalue weighted by Crippen LogP contribution is -2.08. The Morgan fingerprint density at radius 3 is 2.57 bits per heavy atom. The molecule has 2 aromatic carbocycles. The van der Waals surface area contributed by atoms with Crippen LogP contribution in [-0.2, 0) is 14.6 Å². The summed E-state index contributed by atoms with van der Waals surface area (Å²) in [4.78, 5) is 12.1. The first kappa shape index (κ1) is 17.4. The largest absolute Gasteiger partial charge is 0.322 e. The van der Waals surface area contributed by atoms with E-state index in [0.717, 1.165) is 21.9 Å². The molecule has 0 aliphatic carbocycles. The third kappa shape index (κ3) is 5.04. The molecule has 0 saturated heterocycles. The molecule has 0 aromatic heterocycles. The molecule has 4 nitrogen and oxygen atoms in total. The van der Waals surface area contributed by atoms with Gasteiger partial charge in [0.1, 0.15) is 0 Å². The lowest BCUT2D eigenvalue weighted by molar-refractivity contribution is -0.111. The van der Waals surface area contributed by atoms with Gasteiger partial charge in [-0.25, -0.2) is 8.42 Å². The van der Waals surface area contributed by atoms with Gasteiger partial charge in [0, 0.05) is 22.5 Å². The fraction of sp³-hybridized carbons (Fsp3) is 0.118. The van der Waals surface area contributed by atoms with Crippen molar-refractivity contribution in [2.24, 2.45) is 0 Å². The minimum atomic E-state index is -3.30. The lowest BCUT2D eigenvalue weighted by atomic mass is 10.1. The molecule has 0 unspecified atom stereocenters. The molecule has 120 valence electrons. The van der Waals surface area contributed by atoms with Gasteiger partial charge in [-0.2, -0.15) is 0 Å². The number of carbonyl (C=O) groups excluding carboxylic acids is 1. The van der Waals surface area contributed by atoms with E-state index >= 15 is 0 Å². The summed E-state index contributed by atoms with van der Waals surface area (Å²) in [6, 6.07) is 12.0. The van der Waals surface area contributed by atoms with Crippen molar-refractivity contribution in [1.82, 2.24) is 0 Å². The molecule has 23 heavy (non-hydrogen) atoms. The summed E-state index contributed by atoms with van der Waals surface area (Å²) < 4.78 is 23.9. The van der Waals surface area contributed by atoms with E-state index in [1.807, 2.05) is 25.1 Å². The highest BCUT2D eigenvalue weighted by Gasteiger charge is 2.08. The van der Waals surface area contributed by atoms with Crippen LogP contribution in [0.25, 0.3) is 6.08 Å². The molecule has 0 bridgehead atoms. The number of nitrogens with one attached hydrogen (secondary N) is 1. The SMILES string of the molecule is Cc1ccc(/C=C/C(=O)Nc2cccc(S(C)(=O)=O)c2)c(Br)c1. The molecule has 0 aliphatic rings. The van der Waals surface area contributed by atoms with Gasteiger partial charge in [0.15, 0.2) is 9.84 Å². The van der Waals surface area contributed by atoms with Crippen LogP contribution in [0.5, 0.6) is 0 Å². The van der Waals surface area contributed by atoms with Gasteiger partial charge >= 0.3 is 0 Å². The summed E-state index contributed by atoms with van der Waals surface area (Å²) in [5.41, 5.74) is 2.44. The zero-order chi connectivity index (χ0) is 17.0. The van der Waals surface area contributed by atoms with Crippen molar-refractivity contribution in [2.45, 2.75) is 11.8 Å². The van der Waals surface area contributed by atoms with E-state index in [-0.39, 0.29) is 10.8 Å². The Balaban J connectivity index is 2.12. The van der Waals surface area contributed by atoms with Crippen molar-refractivity contribution >= 4 is 43.4 Å². The van der Waals surface area contributed by atoms with E-state index in [9.17, 15) is 13.2 Å². The molecule has 6 heteroatoms. The van der Waals surface area contributed by atoms with Crippen molar-refractivity contribution in [2.75, 3.05) is 11.6 Å². The van der Waals surface area contributed by atoms with Crippen LogP contribution in [0.4, 0.5) is 5.69 Å². The Morgan fingerprint density at radius 1 is 1.17 bits per heavy atom. The molecule has 0 atom stereocenters. The van der Waals surface area contributed by atoms with E-state index in [1.54, 1.807) is 18.2 Å². The van der Waals surface area contributed by atoms with Crippen LogP contribution in [0.1, 0.15) is 11.1 Å². The van der Waals surface area contributed by atoms with Gasteiger partial charge in [-0.1, -0.05) is 34.1 Å². The van der Waals surface area contributed by atoms with Crippen LogP contribution in [0.2, 0.25) is 0 Å². The number of benzene rings is 2. The molecular formula is C17H16BrNO3S. The van der Waals surface area contributed by atoms with E-state index in [4.69, 9.17) is 0 Å². The molecular weight excluding hydrogens is 378 g/mol. The highest BCUT2D eigenvalue weighted by atomic mass is 79.9. The summed E-state index contributed by atoms with van der Waals surface area (Å²) in [5, 5.41) is 2.65. The first-order valence-electron chi connectivity index (χ1n) is 6.81. The summed E-state index contributed by atoms with van der Waals surface area (Å²) in [6.45, 7) is 1.99. The number of halogens is 1. The number of sulfone groups is 1. The molecule has 0 saturated carbocycles. The Morgan fingerprint density at radius 2 is 1.91 bits per heavy atom. The number of hydrogen-bond acceptors (Lipinski definition) is 3. The molecule has 0 fully saturated rings. The van der Waals surface area contributed by atoms with Gasteiger partial charge in [0.05, 0.1) is 4.90 Å². The topological polar surface area (TPSA) is 63.2 Å². The predicted octanol–water partition coefficient (Wildman–Crippen LogP) is 3.81. The van der Waals surface area contributed by atoms with E-state index < -0.39 is 9.84 Å². The van der Waals surface area contributed by atoms with Crippen molar-refractivity contribution in [3.63, 3.8) is 0 Å². The van der Waals surface area contributed by atoms with Crippen molar-refractivity contribution in [3.8, 4) is 0 Å². The van der Waals surface area contributed by atoms with Gasteiger partial charge in [0.2, 0.25) is 5.91 Å². The summed E-state index contributed by atoms with van der Waals surface area (Å²) in [6.07, 6.45) is 4.23. The van der Waals surface area contributed by atoms with Crippen molar-refractivity contribution in [1.29, 1.82) is 0 Å². The molecule has 0 heterocycles. The van der Waals surface area contributed by atoms with Crippen molar-refractivity contribution < 1.29 is 13.2 Å². The number of anilines is 1. The summed E-state index contributed by atoms with van der Waals surface area (Å²) in [7, 11) is -3.30. The maximum atomic E-state index is 12.0. The number of aryl methyl sites for hydroxylation is 1. The lowest BCUT2D eigenvalue weighted by Gasteiger charge is -2.05. The number of rotatable bonds is 4. The Bertz CT molecular complexity index is 873. The van der Waals surface area contributed by atoms with Crippen LogP contribution < -0.4 is 5.32 Å². The van der Waals surface area contributed by atoms with Gasteiger partial charge in [-0.05, 0) is 48.4 Å². The Kier molecular flexibility index (Phi) is 5.38. The Hall–Kier alpha value is -1.92. The third-order valence-electron chi connectivity index (χ3n) is 3.10. The average Bonchev–Trinajstić information content (AvgIpc) is 2.45. The van der Waals surface area contributed by atoms with Gasteiger partial charge in [0.25, 0.3) is 0 Å². The van der Waals surface area contributed by atoms with Gasteiger partial charge in [-0.15, -0.1) is 0 Å². The monoisotopic (exact) mass is 393 g/mol. The van der Waals surface area contributed by atoms with Crippen LogP contribution >= 0.6 is 15.9 Å².